The van der Waals surface area contributed by atoms with Crippen molar-refractivity contribution in [3.8, 4) is 11.8 Å². The van der Waals surface area contributed by atoms with Crippen LogP contribution in [0.5, 0.6) is 0 Å². The zero-order valence-electron chi connectivity index (χ0n) is 59.2. The fourth-order valence-electron chi connectivity index (χ4n) is 10.3. The molecule has 0 aromatic rings. The Morgan fingerprint density at radius 1 is 0.629 bits per heavy atom. The van der Waals surface area contributed by atoms with Crippen molar-refractivity contribution in [2.75, 3.05) is 39.5 Å². The van der Waals surface area contributed by atoms with E-state index >= 15 is 0 Å². The summed E-state index contributed by atoms with van der Waals surface area (Å²) in [6.45, 7) is 30.2. The summed E-state index contributed by atoms with van der Waals surface area (Å²) >= 11 is 0. The second kappa shape index (κ2) is 37.2. The van der Waals surface area contributed by atoms with Gasteiger partial charge in [-0.2, -0.15) is 26.3 Å². The molecule has 2 aliphatic carbocycles. The average Bonchev–Trinajstić information content (AvgIpc) is 1.59. The molecule has 556 valence electrons. The largest absolute Gasteiger partial charge is 1.00 e. The molecule has 0 aromatic heterocycles. The molecular formula is C66H109F6N6O17Si2-. The maximum Gasteiger partial charge on any atom is 0.471 e. The molecule has 23 nitrogen and oxygen atoms in total. The van der Waals surface area contributed by atoms with Crippen LogP contribution in [-0.2, 0) is 62.0 Å². The average molecular weight is 1430 g/mol. The number of hydrogen-bond acceptors (Lipinski definition) is 17. The molecule has 0 aromatic carbocycles. The summed E-state index contributed by atoms with van der Waals surface area (Å²) in [6, 6.07) is -3.04. The third kappa shape index (κ3) is 29.9. The first-order chi connectivity index (χ1) is 44.2. The maximum atomic E-state index is 13.4. The number of aliphatic hydroxyl groups is 2. The van der Waals surface area contributed by atoms with Crippen LogP contribution in [0.4, 0.5) is 35.9 Å². The van der Waals surface area contributed by atoms with Crippen molar-refractivity contribution in [1.29, 1.82) is 0 Å². The van der Waals surface area contributed by atoms with E-state index in [2.05, 4.69) is 68.3 Å². The monoisotopic (exact) mass is 1430 g/mol. The van der Waals surface area contributed by atoms with Crippen molar-refractivity contribution in [2.24, 2.45) is 11.8 Å². The number of rotatable bonds is 31. The highest BCUT2D eigenvalue weighted by Gasteiger charge is 2.64. The number of unbranched alkanes of at least 4 members (excludes halogenated alkanes) is 6. The fraction of sp³-hybridized carbons (Fsp3) is 0.773. The van der Waals surface area contributed by atoms with Gasteiger partial charge in [-0.1, -0.05) is 97.0 Å². The number of alkyl halides is 6. The molecule has 4 rings (SSSR count). The van der Waals surface area contributed by atoms with Crippen LogP contribution in [-0.4, -0.2) is 200 Å². The summed E-state index contributed by atoms with van der Waals surface area (Å²) in [5, 5.41) is 29.6. The Bertz CT molecular complexity index is 2800. The molecule has 2 saturated heterocycles. The lowest BCUT2D eigenvalue weighted by Crippen LogP contribution is -2.54. The number of amides is 6. The van der Waals surface area contributed by atoms with E-state index in [1.807, 2.05) is 17.5 Å². The van der Waals surface area contributed by atoms with Crippen molar-refractivity contribution in [3.63, 3.8) is 0 Å². The Labute approximate surface area is 571 Å². The van der Waals surface area contributed by atoms with Gasteiger partial charge in [0.05, 0.1) is 63.7 Å². The van der Waals surface area contributed by atoms with Crippen LogP contribution < -0.4 is 21.3 Å². The number of carbonyl (C=O) groups excluding carboxylic acids is 9. The molecule has 97 heavy (non-hydrogen) atoms. The van der Waals surface area contributed by atoms with Crippen LogP contribution in [0, 0.1) is 23.7 Å². The fourth-order valence-corrected chi connectivity index (χ4v) is 11.7. The van der Waals surface area contributed by atoms with Crippen LogP contribution in [0.15, 0.2) is 24.5 Å². The second-order valence-electron chi connectivity index (χ2n) is 29.1. The minimum atomic E-state index is -5.14. The van der Waals surface area contributed by atoms with E-state index < -0.39 is 147 Å². The van der Waals surface area contributed by atoms with Crippen molar-refractivity contribution in [1.82, 2.24) is 31.1 Å². The van der Waals surface area contributed by atoms with Crippen molar-refractivity contribution in [2.45, 2.75) is 275 Å². The Hall–Kier alpha value is -6.40. The van der Waals surface area contributed by atoms with Gasteiger partial charge in [-0.05, 0) is 112 Å². The van der Waals surface area contributed by atoms with Gasteiger partial charge in [0.25, 0.3) is 0 Å². The van der Waals surface area contributed by atoms with Gasteiger partial charge in [-0.15, -0.1) is 5.92 Å². The van der Waals surface area contributed by atoms with Gasteiger partial charge in [0, 0.05) is 41.3 Å². The SMILES string of the molecule is C.C=C(OCC[Si](C)(C)C)[C@H](CCCCC/C=C\[C@@H]1C[C@]1(NC(=O)[C@@H]1C[C@@H](O)CN1C(=O)OC(C)(C)C)C(=O)OCC)NC(=O)C(F)(F)F.CCOC(=O)[C@@]1(NC(=O)[C@@H]2C[C@@H](O)CN2C(=O)OC(C)(C)C)C[C@H]1C#CCCCCC[C@H](NC(=O)C(F)(F)F)C(=O)OCC[Si](C)(C)C.[2H-]. The number of halogens is 6. The molecule has 4 fully saturated rings. The highest BCUT2D eigenvalue weighted by atomic mass is 28.3. The molecule has 31 heteroatoms. The van der Waals surface area contributed by atoms with E-state index in [9.17, 15) is 79.7 Å². The number of nitrogens with zero attached hydrogens (tertiary/aromatic N) is 2. The minimum Gasteiger partial charge on any atom is -1.00 e. The molecule has 0 bridgehead atoms. The quantitative estimate of drug-likeness (QED) is 0.00550. The molecule has 0 spiro atoms. The summed E-state index contributed by atoms with van der Waals surface area (Å²) in [6.07, 6.45) is -4.99. The van der Waals surface area contributed by atoms with Gasteiger partial charge < -0.3 is 61.3 Å². The normalized spacial score (nSPS) is 22.9. The smallest absolute Gasteiger partial charge is 0.471 e. The summed E-state index contributed by atoms with van der Waals surface area (Å²) in [4.78, 5) is 116. The number of aliphatic hydroxyl groups excluding tert-OH is 2. The Morgan fingerprint density at radius 3 is 1.52 bits per heavy atom. The topological polar surface area (TPSA) is 304 Å². The van der Waals surface area contributed by atoms with Crippen LogP contribution in [0.2, 0.25) is 51.4 Å². The standard InChI is InChI=1S/C33H54F3N3O8Si.C32H50F3N3O9Si.CH4.H/c1-9-45-29(43)32(38-27(41)26-19-24(40)21-39(26)30(44)47-31(3,4)5)20-23(32)15-13-11-10-12-14-16-25(37-28(42)33(34,35)36)22(2)46-17-18-48(6,7)8;1-8-45-28(43)31(37-25(40)24-18-22(39)20-38(24)29(44)47-30(2,3)4)19-21(31)14-12-10-9-11-13-15-23(36-27(42)32(33,34)35)26(41)46-16-17-48(5,6)7;;/h13,15,23-26,40H,2,9-12,14,16-21H2,1,3-8H3,(H,37,42)(H,38,41);21-24,39H,8-11,13,15-20H2,1-7H3,(H,36,42)(H,37,40);1H4;/q;;;-1/b15-13-;;;/t23-,24-,25+,26+,32-;21-,22-,23+,24+,31-;;/m11../s1/i;;;1+1. The first-order valence-corrected chi connectivity index (χ1v) is 40.3. The molecule has 4 aliphatic rings. The van der Waals surface area contributed by atoms with E-state index in [-0.39, 0.29) is 85.5 Å². The minimum absolute atomic E-state index is 0. The molecule has 0 radical (unpaired) electrons. The van der Waals surface area contributed by atoms with Crippen LogP contribution in [0.3, 0.4) is 0 Å². The number of carbonyl (C=O) groups is 9. The van der Waals surface area contributed by atoms with Crippen molar-refractivity contribution >= 4 is 69.9 Å². The number of hydrogen-bond donors (Lipinski definition) is 6. The van der Waals surface area contributed by atoms with E-state index in [1.165, 1.54) is 4.90 Å². The number of β-amino-alcohol motifs (C(OH)–C–C–N with tert-alkyl or cyclic N) is 2. The van der Waals surface area contributed by atoms with Gasteiger partial charge in [-0.25, -0.2) is 24.0 Å². The second-order valence-corrected chi connectivity index (χ2v) is 40.4. The Balaban J connectivity index is 0.000000960. The van der Waals surface area contributed by atoms with Gasteiger partial charge in [0.1, 0.15) is 40.6 Å². The van der Waals surface area contributed by atoms with Crippen molar-refractivity contribution < 1.29 is 110 Å². The molecule has 10 atom stereocenters. The van der Waals surface area contributed by atoms with E-state index in [0.29, 0.717) is 70.4 Å². The Kier molecular flexibility index (Phi) is 33.2. The number of nitrogens with one attached hydrogen (secondary N) is 4. The molecule has 0 unspecified atom stereocenters. The molecule has 2 saturated carbocycles. The summed E-state index contributed by atoms with van der Waals surface area (Å²) in [7, 11) is -2.99. The third-order valence-corrected chi connectivity index (χ3v) is 19.1. The van der Waals surface area contributed by atoms with Crippen LogP contribution in [0.1, 0.15) is 154 Å². The van der Waals surface area contributed by atoms with E-state index in [4.69, 9.17) is 28.4 Å². The van der Waals surface area contributed by atoms with Gasteiger partial charge in [0.15, 0.2) is 5.54 Å². The predicted octanol–water partition coefficient (Wildman–Crippen LogP) is 9.64. The highest BCUT2D eigenvalue weighted by molar-refractivity contribution is 6.76. The first-order valence-electron chi connectivity index (χ1n) is 32.9. The first kappa shape index (κ1) is 86.7. The summed E-state index contributed by atoms with van der Waals surface area (Å²) in [5.41, 5.74) is -4.33. The van der Waals surface area contributed by atoms with Crippen LogP contribution >= 0.6 is 0 Å². The van der Waals surface area contributed by atoms with Gasteiger partial charge in [-0.3, -0.25) is 29.0 Å². The molecule has 2 aliphatic heterocycles. The predicted molar refractivity (Wildman–Crippen MR) is 355 cm³/mol. The van der Waals surface area contributed by atoms with E-state index in [0.717, 1.165) is 10.9 Å². The molecule has 6 amide bonds. The van der Waals surface area contributed by atoms with E-state index in [1.54, 1.807) is 60.7 Å². The summed E-state index contributed by atoms with van der Waals surface area (Å²) in [5.74, 6) is -2.47. The summed E-state index contributed by atoms with van der Waals surface area (Å²) < 4.78 is 109. The number of likely N-dealkylation sites (tertiary alicyclic amines) is 2. The molecule has 6 N–H and O–H groups in total. The maximum absolute atomic E-state index is 13.4. The third-order valence-electron chi connectivity index (χ3n) is 15.7. The van der Waals surface area contributed by atoms with Gasteiger partial charge in [0.2, 0.25) is 11.8 Å². The lowest BCUT2D eigenvalue weighted by Gasteiger charge is -2.29. The lowest BCUT2D eigenvalue weighted by molar-refractivity contribution is -0.176. The number of ether oxygens (including phenoxy) is 6. The van der Waals surface area contributed by atoms with Gasteiger partial charge >= 0.3 is 54.3 Å². The van der Waals surface area contributed by atoms with Crippen LogP contribution in [0.25, 0.3) is 0 Å². The molecule has 2 heterocycles. The Morgan fingerprint density at radius 2 is 1.06 bits per heavy atom. The molecular weight excluding hydrogens is 1320 g/mol. The zero-order chi connectivity index (χ0) is 73.0. The van der Waals surface area contributed by atoms with Crippen molar-refractivity contribution in [3.05, 3.63) is 24.5 Å². The highest BCUT2D eigenvalue weighted by Crippen LogP contribution is 2.47. The number of esters is 3. The lowest BCUT2D eigenvalue weighted by atomic mass is 10.1. The zero-order valence-corrected chi connectivity index (χ0v) is 60.2. The number of allylic oxidation sites excluding steroid dienone is 1.